The summed E-state index contributed by atoms with van der Waals surface area (Å²) < 4.78 is 12.8. The van der Waals surface area contributed by atoms with E-state index >= 15 is 0 Å². The van der Waals surface area contributed by atoms with Crippen molar-refractivity contribution in [3.8, 4) is 0 Å². The third-order valence-electron chi connectivity index (χ3n) is 3.70. The molecule has 1 aliphatic heterocycles. The van der Waals surface area contributed by atoms with Crippen molar-refractivity contribution in [1.82, 2.24) is 4.90 Å². The first-order valence-electron chi connectivity index (χ1n) is 6.76. The van der Waals surface area contributed by atoms with Crippen LogP contribution in [-0.4, -0.2) is 34.5 Å². The second-order valence-corrected chi connectivity index (χ2v) is 5.26. The van der Waals surface area contributed by atoms with E-state index in [9.17, 15) is 14.0 Å². The van der Waals surface area contributed by atoms with Gasteiger partial charge in [0.2, 0.25) is 5.91 Å². The molecule has 2 atom stereocenters. The van der Waals surface area contributed by atoms with Crippen LogP contribution in [-0.2, 0) is 16.0 Å². The van der Waals surface area contributed by atoms with Crippen LogP contribution in [0.15, 0.2) is 24.3 Å². The van der Waals surface area contributed by atoms with Crippen molar-refractivity contribution < 1.29 is 19.1 Å². The van der Waals surface area contributed by atoms with Gasteiger partial charge in [0.1, 0.15) is 11.9 Å². The summed E-state index contributed by atoms with van der Waals surface area (Å²) in [5, 5.41) is 9.10. The number of amides is 1. The van der Waals surface area contributed by atoms with Crippen LogP contribution in [0.1, 0.15) is 25.3 Å². The van der Waals surface area contributed by atoms with Crippen LogP contribution in [0.3, 0.4) is 0 Å². The van der Waals surface area contributed by atoms with Gasteiger partial charge in [-0.05, 0) is 37.0 Å². The van der Waals surface area contributed by atoms with E-state index in [1.807, 2.05) is 0 Å². The predicted molar refractivity (Wildman–Crippen MR) is 71.6 cm³/mol. The number of carboxylic acid groups (broad SMARTS) is 1. The third kappa shape index (κ3) is 3.15. The molecular weight excluding hydrogens is 261 g/mol. The molecule has 0 saturated carbocycles. The maximum Gasteiger partial charge on any atom is 0.326 e. The van der Waals surface area contributed by atoms with Crippen LogP contribution >= 0.6 is 0 Å². The molecule has 1 N–H and O–H groups in total. The lowest BCUT2D eigenvalue weighted by molar-refractivity contribution is -0.149. The molecule has 1 aromatic rings. The lowest BCUT2D eigenvalue weighted by Crippen LogP contribution is -2.43. The van der Waals surface area contributed by atoms with Gasteiger partial charge in [0.05, 0.1) is 0 Å². The fourth-order valence-corrected chi connectivity index (χ4v) is 2.63. The first kappa shape index (κ1) is 14.5. The summed E-state index contributed by atoms with van der Waals surface area (Å²) in [6.07, 6.45) is 1.73. The lowest BCUT2D eigenvalue weighted by Gasteiger charge is -2.25. The number of rotatable bonds is 4. The van der Waals surface area contributed by atoms with E-state index in [-0.39, 0.29) is 17.6 Å². The SMILES string of the molecule is CC(Cc1ccc(F)cc1)C(=O)N1CCC[C@@H]1C(=O)O. The number of carbonyl (C=O) groups is 2. The molecular formula is C15H18FNO3. The summed E-state index contributed by atoms with van der Waals surface area (Å²) in [7, 11) is 0. The molecule has 1 amide bonds. The lowest BCUT2D eigenvalue weighted by atomic mass is 9.99. The molecule has 20 heavy (non-hydrogen) atoms. The van der Waals surface area contributed by atoms with Gasteiger partial charge in [-0.2, -0.15) is 0 Å². The van der Waals surface area contributed by atoms with E-state index in [1.54, 1.807) is 19.1 Å². The molecule has 108 valence electrons. The second kappa shape index (κ2) is 6.03. The monoisotopic (exact) mass is 279 g/mol. The Bertz CT molecular complexity index is 500. The van der Waals surface area contributed by atoms with Gasteiger partial charge < -0.3 is 10.0 Å². The van der Waals surface area contributed by atoms with Crippen LogP contribution in [0.2, 0.25) is 0 Å². The molecule has 0 spiro atoms. The smallest absolute Gasteiger partial charge is 0.326 e. The van der Waals surface area contributed by atoms with Crippen molar-refractivity contribution in [2.24, 2.45) is 5.92 Å². The maximum atomic E-state index is 12.8. The van der Waals surface area contributed by atoms with E-state index in [2.05, 4.69) is 0 Å². The number of hydrogen-bond donors (Lipinski definition) is 1. The normalized spacial score (nSPS) is 19.9. The fraction of sp³-hybridized carbons (Fsp3) is 0.467. The first-order chi connectivity index (χ1) is 9.49. The Balaban J connectivity index is 2.01. The highest BCUT2D eigenvalue weighted by Crippen LogP contribution is 2.21. The first-order valence-corrected chi connectivity index (χ1v) is 6.76. The van der Waals surface area contributed by atoms with Crippen molar-refractivity contribution in [3.05, 3.63) is 35.6 Å². The van der Waals surface area contributed by atoms with Crippen LogP contribution in [0.5, 0.6) is 0 Å². The highest BCUT2D eigenvalue weighted by molar-refractivity contribution is 5.85. The predicted octanol–water partition coefficient (Wildman–Crippen LogP) is 2.08. The average Bonchev–Trinajstić information content (AvgIpc) is 2.90. The molecule has 4 nitrogen and oxygen atoms in total. The minimum absolute atomic E-state index is 0.140. The second-order valence-electron chi connectivity index (χ2n) is 5.26. The van der Waals surface area contributed by atoms with Crippen molar-refractivity contribution >= 4 is 11.9 Å². The number of carboxylic acids is 1. The van der Waals surface area contributed by atoms with Gasteiger partial charge in [0.15, 0.2) is 0 Å². The quantitative estimate of drug-likeness (QED) is 0.918. The largest absolute Gasteiger partial charge is 0.480 e. The number of carbonyl (C=O) groups excluding carboxylic acids is 1. The average molecular weight is 279 g/mol. The van der Waals surface area contributed by atoms with Crippen LogP contribution in [0.25, 0.3) is 0 Å². The molecule has 1 unspecified atom stereocenters. The molecule has 1 saturated heterocycles. The van der Waals surface area contributed by atoms with E-state index in [1.165, 1.54) is 17.0 Å². The van der Waals surface area contributed by atoms with Crippen molar-refractivity contribution in [2.45, 2.75) is 32.2 Å². The van der Waals surface area contributed by atoms with E-state index in [4.69, 9.17) is 5.11 Å². The Morgan fingerprint density at radius 3 is 2.65 bits per heavy atom. The third-order valence-corrected chi connectivity index (χ3v) is 3.70. The summed E-state index contributed by atoms with van der Waals surface area (Å²) in [4.78, 5) is 24.9. The molecule has 0 aromatic heterocycles. The van der Waals surface area contributed by atoms with Gasteiger partial charge in [-0.25, -0.2) is 9.18 Å². The molecule has 1 aromatic carbocycles. The van der Waals surface area contributed by atoms with Crippen molar-refractivity contribution in [1.29, 1.82) is 0 Å². The fourth-order valence-electron chi connectivity index (χ4n) is 2.63. The number of aliphatic carboxylic acids is 1. The molecule has 0 aliphatic carbocycles. The minimum atomic E-state index is -0.940. The van der Waals surface area contributed by atoms with Gasteiger partial charge in [-0.3, -0.25) is 4.79 Å². The highest BCUT2D eigenvalue weighted by atomic mass is 19.1. The Kier molecular flexibility index (Phi) is 4.37. The van der Waals surface area contributed by atoms with Crippen LogP contribution < -0.4 is 0 Å². The topological polar surface area (TPSA) is 57.6 Å². The van der Waals surface area contributed by atoms with Crippen LogP contribution in [0, 0.1) is 11.7 Å². The molecule has 0 bridgehead atoms. The standard InChI is InChI=1S/C15H18FNO3/c1-10(9-11-4-6-12(16)7-5-11)14(18)17-8-2-3-13(17)15(19)20/h4-7,10,13H,2-3,8-9H2,1H3,(H,19,20)/t10?,13-/m1/s1. The zero-order valence-corrected chi connectivity index (χ0v) is 11.4. The van der Waals surface area contributed by atoms with E-state index < -0.39 is 12.0 Å². The van der Waals surface area contributed by atoms with Gasteiger partial charge in [-0.15, -0.1) is 0 Å². The van der Waals surface area contributed by atoms with E-state index in [0.29, 0.717) is 19.4 Å². The van der Waals surface area contributed by atoms with Gasteiger partial charge in [-0.1, -0.05) is 19.1 Å². The number of benzene rings is 1. The number of likely N-dealkylation sites (tertiary alicyclic amines) is 1. The van der Waals surface area contributed by atoms with Gasteiger partial charge in [0.25, 0.3) is 0 Å². The number of hydrogen-bond acceptors (Lipinski definition) is 2. The highest BCUT2D eigenvalue weighted by Gasteiger charge is 2.35. The summed E-state index contributed by atoms with van der Waals surface area (Å²) in [6, 6.07) is 5.33. The molecule has 0 radical (unpaired) electrons. The molecule has 1 fully saturated rings. The maximum absolute atomic E-state index is 12.8. The molecule has 5 heteroatoms. The summed E-state index contributed by atoms with van der Waals surface area (Å²) >= 11 is 0. The summed E-state index contributed by atoms with van der Waals surface area (Å²) in [5.74, 6) is -1.69. The zero-order valence-electron chi connectivity index (χ0n) is 11.4. The van der Waals surface area contributed by atoms with E-state index in [0.717, 1.165) is 12.0 Å². The van der Waals surface area contributed by atoms with Crippen LogP contribution in [0.4, 0.5) is 4.39 Å². The van der Waals surface area contributed by atoms with Gasteiger partial charge in [0, 0.05) is 12.5 Å². The Hall–Kier alpha value is -1.91. The minimum Gasteiger partial charge on any atom is -0.480 e. The Morgan fingerprint density at radius 2 is 2.05 bits per heavy atom. The Labute approximate surface area is 117 Å². The molecule has 1 heterocycles. The van der Waals surface area contributed by atoms with Crippen molar-refractivity contribution in [2.75, 3.05) is 6.54 Å². The summed E-state index contributed by atoms with van der Waals surface area (Å²) in [5.41, 5.74) is 0.873. The Morgan fingerprint density at radius 1 is 1.40 bits per heavy atom. The number of nitrogens with zero attached hydrogens (tertiary/aromatic N) is 1. The molecule has 2 rings (SSSR count). The van der Waals surface area contributed by atoms with Crippen molar-refractivity contribution in [3.63, 3.8) is 0 Å². The molecule has 1 aliphatic rings. The summed E-state index contributed by atoms with van der Waals surface area (Å²) in [6.45, 7) is 2.28. The zero-order chi connectivity index (χ0) is 14.7. The number of halogens is 1. The van der Waals surface area contributed by atoms with Gasteiger partial charge >= 0.3 is 5.97 Å².